The largest absolute Gasteiger partial charge is 0.442 e. The van der Waals surface area contributed by atoms with Gasteiger partial charge in [-0.3, -0.25) is 4.98 Å². The Morgan fingerprint density at radius 2 is 1.88 bits per heavy atom. The number of ether oxygens (including phenoxy) is 1. The van der Waals surface area contributed by atoms with Crippen LogP contribution in [0.1, 0.15) is 24.0 Å². The summed E-state index contributed by atoms with van der Waals surface area (Å²) < 4.78 is 20.1. The molecule has 0 saturated heterocycles. The fourth-order valence-corrected chi connectivity index (χ4v) is 5.08. The van der Waals surface area contributed by atoms with Crippen molar-refractivity contribution in [3.8, 4) is 0 Å². The molecule has 0 spiro atoms. The molecule has 32 heavy (non-hydrogen) atoms. The van der Waals surface area contributed by atoms with Crippen LogP contribution in [0.2, 0.25) is 10.0 Å². The van der Waals surface area contributed by atoms with E-state index in [0.717, 1.165) is 5.56 Å². The number of carbonyl (C=O) groups is 1. The van der Waals surface area contributed by atoms with Gasteiger partial charge in [0.1, 0.15) is 32.9 Å². The van der Waals surface area contributed by atoms with Gasteiger partial charge in [0, 0.05) is 27.3 Å². The van der Waals surface area contributed by atoms with Crippen LogP contribution in [-0.4, -0.2) is 41.7 Å². The van der Waals surface area contributed by atoms with E-state index in [0.29, 0.717) is 0 Å². The minimum atomic E-state index is -1.93. The van der Waals surface area contributed by atoms with E-state index < -0.39 is 29.1 Å². The molecule has 9 nitrogen and oxygen atoms in total. The van der Waals surface area contributed by atoms with Crippen LogP contribution in [-0.2, 0) is 34.3 Å². The van der Waals surface area contributed by atoms with E-state index >= 15 is 0 Å². The standard InChI is InChI=1S/C20H20Cl2N4O5S/c1-20(29,11-27)17-18(32(30)15-7-13(21)6-14(22)8-15)26(9-12-2-4-24-5-3-12)16(25-17)10-31-19(23)28/h2-8,27,29H,9-11H2,1H3,(H2,23,28). The highest BCUT2D eigenvalue weighted by molar-refractivity contribution is 7.85. The van der Waals surface area contributed by atoms with Gasteiger partial charge in [-0.05, 0) is 42.8 Å². The Hall–Kier alpha value is -2.50. The zero-order valence-corrected chi connectivity index (χ0v) is 19.2. The number of nitrogens with two attached hydrogens (primary N) is 1. The second-order valence-electron chi connectivity index (χ2n) is 7.04. The van der Waals surface area contributed by atoms with Crippen molar-refractivity contribution in [2.75, 3.05) is 6.61 Å². The second-order valence-corrected chi connectivity index (χ2v) is 9.31. The summed E-state index contributed by atoms with van der Waals surface area (Å²) in [4.78, 5) is 19.8. The Kier molecular flexibility index (Phi) is 7.52. The molecule has 3 rings (SSSR count). The number of amides is 1. The molecule has 3 aromatic rings. The third-order valence-corrected chi connectivity index (χ3v) is 6.34. The lowest BCUT2D eigenvalue weighted by Crippen LogP contribution is -2.28. The maximum Gasteiger partial charge on any atom is 0.404 e. The monoisotopic (exact) mass is 498 g/mol. The van der Waals surface area contributed by atoms with E-state index in [1.165, 1.54) is 29.7 Å². The molecular formula is C20H20Cl2N4O5S. The van der Waals surface area contributed by atoms with Crippen LogP contribution in [0.3, 0.4) is 0 Å². The van der Waals surface area contributed by atoms with E-state index in [1.807, 2.05) is 0 Å². The minimum Gasteiger partial charge on any atom is -0.442 e. The SMILES string of the molecule is CC(O)(CO)c1nc(COC(N)=O)n(Cc2ccncc2)c1S(=O)c1cc(Cl)cc(Cl)c1. The molecule has 0 saturated carbocycles. The summed E-state index contributed by atoms with van der Waals surface area (Å²) in [5, 5.41) is 21.2. The fraction of sp³-hybridized carbons (Fsp3) is 0.250. The molecule has 0 aliphatic heterocycles. The van der Waals surface area contributed by atoms with Crippen LogP contribution in [0.4, 0.5) is 4.79 Å². The Morgan fingerprint density at radius 3 is 2.44 bits per heavy atom. The quantitative estimate of drug-likeness (QED) is 0.433. The van der Waals surface area contributed by atoms with Gasteiger partial charge in [0.15, 0.2) is 6.61 Å². The molecule has 2 unspecified atom stereocenters. The number of carbonyl (C=O) groups excluding carboxylic acids is 1. The summed E-state index contributed by atoms with van der Waals surface area (Å²) in [7, 11) is -1.93. The van der Waals surface area contributed by atoms with E-state index in [2.05, 4.69) is 9.97 Å². The number of hydrogen-bond acceptors (Lipinski definition) is 7. The predicted molar refractivity (Wildman–Crippen MR) is 118 cm³/mol. The van der Waals surface area contributed by atoms with Gasteiger partial charge >= 0.3 is 6.09 Å². The highest BCUT2D eigenvalue weighted by Crippen LogP contribution is 2.32. The van der Waals surface area contributed by atoms with Gasteiger partial charge < -0.3 is 25.3 Å². The molecule has 2 heterocycles. The molecule has 2 atom stereocenters. The van der Waals surface area contributed by atoms with Gasteiger partial charge in [-0.1, -0.05) is 23.2 Å². The molecule has 12 heteroatoms. The number of hydrogen-bond donors (Lipinski definition) is 3. The van der Waals surface area contributed by atoms with Gasteiger partial charge in [0.25, 0.3) is 0 Å². The number of aliphatic hydroxyl groups excluding tert-OH is 1. The van der Waals surface area contributed by atoms with Crippen LogP contribution in [0.25, 0.3) is 0 Å². The van der Waals surface area contributed by atoms with Crippen molar-refractivity contribution >= 4 is 40.1 Å². The number of rotatable bonds is 8. The smallest absolute Gasteiger partial charge is 0.404 e. The number of primary amides is 1. The van der Waals surface area contributed by atoms with Crippen molar-refractivity contribution in [1.82, 2.24) is 14.5 Å². The maximum absolute atomic E-state index is 13.7. The molecule has 0 bridgehead atoms. The van der Waals surface area contributed by atoms with Gasteiger partial charge in [-0.25, -0.2) is 14.0 Å². The first-order valence-electron chi connectivity index (χ1n) is 9.24. The van der Waals surface area contributed by atoms with Crippen LogP contribution in [0, 0.1) is 0 Å². The third-order valence-electron chi connectivity index (χ3n) is 4.48. The molecule has 1 amide bonds. The molecule has 170 valence electrons. The van der Waals surface area contributed by atoms with Crippen LogP contribution in [0.5, 0.6) is 0 Å². The van der Waals surface area contributed by atoms with Gasteiger partial charge in [-0.2, -0.15) is 0 Å². The number of nitrogens with zero attached hydrogens (tertiary/aromatic N) is 3. The molecule has 0 radical (unpaired) electrons. The van der Waals surface area contributed by atoms with Crippen molar-refractivity contribution in [1.29, 1.82) is 0 Å². The lowest BCUT2D eigenvalue weighted by atomic mass is 10.1. The number of benzene rings is 1. The number of aliphatic hydroxyl groups is 2. The molecule has 0 fully saturated rings. The number of pyridine rings is 1. The van der Waals surface area contributed by atoms with E-state index in [4.69, 9.17) is 33.7 Å². The normalized spacial score (nSPS) is 14.0. The first-order valence-corrected chi connectivity index (χ1v) is 11.1. The first-order chi connectivity index (χ1) is 15.1. The van der Waals surface area contributed by atoms with Crippen molar-refractivity contribution in [3.63, 3.8) is 0 Å². The Balaban J connectivity index is 2.24. The summed E-state index contributed by atoms with van der Waals surface area (Å²) in [6, 6.07) is 7.93. The van der Waals surface area contributed by atoms with Gasteiger partial charge in [0.2, 0.25) is 0 Å². The van der Waals surface area contributed by atoms with Crippen molar-refractivity contribution in [2.24, 2.45) is 5.73 Å². The van der Waals surface area contributed by atoms with Crippen LogP contribution < -0.4 is 5.73 Å². The summed E-state index contributed by atoms with van der Waals surface area (Å²) in [6.45, 7) is 0.443. The number of halogens is 2. The first kappa shape index (κ1) is 24.1. The summed E-state index contributed by atoms with van der Waals surface area (Å²) in [5.74, 6) is 0.167. The zero-order chi connectivity index (χ0) is 23.5. The summed E-state index contributed by atoms with van der Waals surface area (Å²) in [5.41, 5.74) is 3.97. The lowest BCUT2D eigenvalue weighted by molar-refractivity contribution is -0.00822. The average molecular weight is 499 g/mol. The summed E-state index contributed by atoms with van der Waals surface area (Å²) in [6.07, 6.45) is 2.15. The molecular weight excluding hydrogens is 479 g/mol. The average Bonchev–Trinajstić information content (AvgIpc) is 3.10. The Labute approximate surface area is 196 Å². The maximum atomic E-state index is 13.7. The fourth-order valence-electron chi connectivity index (χ4n) is 2.92. The van der Waals surface area contributed by atoms with Crippen molar-refractivity contribution in [3.05, 3.63) is 69.9 Å². The van der Waals surface area contributed by atoms with Gasteiger partial charge in [0.05, 0.1) is 13.2 Å². The Bertz CT molecular complexity index is 1130. The highest BCUT2D eigenvalue weighted by Gasteiger charge is 2.35. The Morgan fingerprint density at radius 1 is 1.25 bits per heavy atom. The van der Waals surface area contributed by atoms with Crippen LogP contribution in [0.15, 0.2) is 52.6 Å². The summed E-state index contributed by atoms with van der Waals surface area (Å²) >= 11 is 12.2. The number of aromatic nitrogens is 3. The highest BCUT2D eigenvalue weighted by atomic mass is 35.5. The van der Waals surface area contributed by atoms with Crippen molar-refractivity contribution < 1.29 is 24.0 Å². The van der Waals surface area contributed by atoms with Gasteiger partial charge in [-0.15, -0.1) is 0 Å². The van der Waals surface area contributed by atoms with E-state index in [-0.39, 0.29) is 44.6 Å². The molecule has 4 N–H and O–H groups in total. The minimum absolute atomic E-state index is 0.0495. The van der Waals surface area contributed by atoms with E-state index in [9.17, 15) is 19.2 Å². The molecule has 1 aromatic carbocycles. The number of imidazole rings is 1. The topological polar surface area (TPSA) is 141 Å². The van der Waals surface area contributed by atoms with Crippen LogP contribution >= 0.6 is 23.2 Å². The molecule has 0 aliphatic carbocycles. The zero-order valence-electron chi connectivity index (χ0n) is 16.9. The molecule has 0 aliphatic rings. The molecule has 2 aromatic heterocycles. The van der Waals surface area contributed by atoms with E-state index in [1.54, 1.807) is 24.5 Å². The third kappa shape index (κ3) is 5.45. The van der Waals surface area contributed by atoms with Crippen molar-refractivity contribution in [2.45, 2.75) is 35.6 Å². The lowest BCUT2D eigenvalue weighted by Gasteiger charge is -2.20. The second kappa shape index (κ2) is 9.97. The predicted octanol–water partition coefficient (Wildman–Crippen LogP) is 2.60.